The summed E-state index contributed by atoms with van der Waals surface area (Å²) in [5, 5.41) is 3.04. The predicted molar refractivity (Wildman–Crippen MR) is 91.6 cm³/mol. The summed E-state index contributed by atoms with van der Waals surface area (Å²) >= 11 is 0. The fourth-order valence-electron chi connectivity index (χ4n) is 3.03. The second-order valence-electron chi connectivity index (χ2n) is 6.19. The standard InChI is InChI=1S/C20H23NO2/c1-14(17-12-11-16-7-6-8-18(16)13-17)21-20(22)15(2)23-19-9-4-3-5-10-19/h3-5,9-15H,6-8H2,1-2H3,(H,21,22). The van der Waals surface area contributed by atoms with Gasteiger partial charge in [0, 0.05) is 0 Å². The fourth-order valence-corrected chi connectivity index (χ4v) is 3.03. The van der Waals surface area contributed by atoms with Crippen molar-refractivity contribution in [2.45, 2.75) is 45.3 Å². The molecule has 0 radical (unpaired) electrons. The van der Waals surface area contributed by atoms with E-state index in [1.165, 1.54) is 24.0 Å². The minimum atomic E-state index is -0.519. The number of benzene rings is 2. The van der Waals surface area contributed by atoms with Crippen LogP contribution in [0.1, 0.15) is 43.0 Å². The minimum absolute atomic E-state index is 0.0183. The number of hydrogen-bond acceptors (Lipinski definition) is 2. The van der Waals surface area contributed by atoms with Crippen molar-refractivity contribution in [1.29, 1.82) is 0 Å². The highest BCUT2D eigenvalue weighted by atomic mass is 16.5. The van der Waals surface area contributed by atoms with Crippen LogP contribution < -0.4 is 10.1 Å². The summed E-state index contributed by atoms with van der Waals surface area (Å²) in [4.78, 5) is 12.3. The molecule has 0 heterocycles. The van der Waals surface area contributed by atoms with Gasteiger partial charge in [-0.05, 0) is 61.9 Å². The molecular weight excluding hydrogens is 286 g/mol. The predicted octanol–water partition coefficient (Wildman–Crippen LogP) is 3.82. The van der Waals surface area contributed by atoms with E-state index in [9.17, 15) is 4.79 Å². The molecule has 2 aromatic rings. The molecule has 0 saturated heterocycles. The van der Waals surface area contributed by atoms with Crippen molar-refractivity contribution >= 4 is 5.91 Å². The Morgan fingerprint density at radius 1 is 1.04 bits per heavy atom. The molecule has 0 fully saturated rings. The fraction of sp³-hybridized carbons (Fsp3) is 0.350. The average molecular weight is 309 g/mol. The maximum atomic E-state index is 12.3. The van der Waals surface area contributed by atoms with Gasteiger partial charge in [0.2, 0.25) is 0 Å². The maximum absolute atomic E-state index is 12.3. The van der Waals surface area contributed by atoms with E-state index in [-0.39, 0.29) is 11.9 Å². The molecular formula is C20H23NO2. The summed E-state index contributed by atoms with van der Waals surface area (Å²) in [6.07, 6.45) is 3.05. The molecule has 23 heavy (non-hydrogen) atoms. The number of ether oxygens (including phenoxy) is 1. The molecule has 2 aromatic carbocycles. The third-order valence-electron chi connectivity index (χ3n) is 4.41. The van der Waals surface area contributed by atoms with Gasteiger partial charge < -0.3 is 10.1 Å². The van der Waals surface area contributed by atoms with Crippen molar-refractivity contribution in [3.05, 3.63) is 65.2 Å². The number of hydrogen-bond donors (Lipinski definition) is 1. The Labute approximate surface area is 137 Å². The van der Waals surface area contributed by atoms with Gasteiger partial charge >= 0.3 is 0 Å². The number of carbonyl (C=O) groups is 1. The Balaban J connectivity index is 1.60. The van der Waals surface area contributed by atoms with E-state index in [1.807, 2.05) is 37.3 Å². The van der Waals surface area contributed by atoms with Gasteiger partial charge in [-0.25, -0.2) is 0 Å². The molecule has 1 N–H and O–H groups in total. The monoisotopic (exact) mass is 309 g/mol. The average Bonchev–Trinajstić information content (AvgIpc) is 3.03. The normalized spacial score (nSPS) is 15.6. The summed E-state index contributed by atoms with van der Waals surface area (Å²) < 4.78 is 5.67. The van der Waals surface area contributed by atoms with Gasteiger partial charge in [0.1, 0.15) is 5.75 Å². The zero-order chi connectivity index (χ0) is 16.2. The molecule has 2 unspecified atom stereocenters. The highest BCUT2D eigenvalue weighted by Gasteiger charge is 2.19. The first-order chi connectivity index (χ1) is 11.1. The number of fused-ring (bicyclic) bond motifs is 1. The third kappa shape index (κ3) is 3.73. The molecule has 0 bridgehead atoms. The van der Waals surface area contributed by atoms with Crippen LogP contribution in [0.4, 0.5) is 0 Å². The quantitative estimate of drug-likeness (QED) is 0.912. The van der Waals surface area contributed by atoms with E-state index in [1.54, 1.807) is 6.92 Å². The van der Waals surface area contributed by atoms with E-state index >= 15 is 0 Å². The Kier molecular flexibility index (Phi) is 4.65. The van der Waals surface area contributed by atoms with E-state index in [4.69, 9.17) is 4.74 Å². The van der Waals surface area contributed by atoms with Crippen LogP contribution in [-0.4, -0.2) is 12.0 Å². The molecule has 3 rings (SSSR count). The smallest absolute Gasteiger partial charge is 0.261 e. The first-order valence-electron chi connectivity index (χ1n) is 8.27. The summed E-state index contributed by atoms with van der Waals surface area (Å²) in [7, 11) is 0. The van der Waals surface area contributed by atoms with Gasteiger partial charge in [-0.2, -0.15) is 0 Å². The van der Waals surface area contributed by atoms with Gasteiger partial charge in [0.25, 0.3) is 5.91 Å². The minimum Gasteiger partial charge on any atom is -0.481 e. The molecule has 0 aromatic heterocycles. The van der Waals surface area contributed by atoms with Crippen LogP contribution in [0, 0.1) is 0 Å². The van der Waals surface area contributed by atoms with Crippen LogP contribution in [0.2, 0.25) is 0 Å². The highest BCUT2D eigenvalue weighted by molar-refractivity contribution is 5.81. The zero-order valence-electron chi connectivity index (χ0n) is 13.7. The third-order valence-corrected chi connectivity index (χ3v) is 4.41. The first-order valence-corrected chi connectivity index (χ1v) is 8.27. The van der Waals surface area contributed by atoms with Crippen LogP contribution in [0.3, 0.4) is 0 Å². The van der Waals surface area contributed by atoms with Crippen LogP contribution >= 0.6 is 0 Å². The zero-order valence-corrected chi connectivity index (χ0v) is 13.7. The Morgan fingerprint density at radius 3 is 2.57 bits per heavy atom. The number of rotatable bonds is 5. The summed E-state index contributed by atoms with van der Waals surface area (Å²) in [6, 6.07) is 16.0. The van der Waals surface area contributed by atoms with Crippen molar-refractivity contribution in [3.63, 3.8) is 0 Å². The second kappa shape index (κ2) is 6.86. The van der Waals surface area contributed by atoms with Gasteiger partial charge in [0.15, 0.2) is 6.10 Å². The van der Waals surface area contributed by atoms with Crippen molar-refractivity contribution in [1.82, 2.24) is 5.32 Å². The van der Waals surface area contributed by atoms with Crippen molar-refractivity contribution in [2.75, 3.05) is 0 Å². The maximum Gasteiger partial charge on any atom is 0.261 e. The van der Waals surface area contributed by atoms with Gasteiger partial charge in [0.05, 0.1) is 6.04 Å². The lowest BCUT2D eigenvalue weighted by Crippen LogP contribution is -2.37. The van der Waals surface area contributed by atoms with E-state index in [2.05, 4.69) is 23.5 Å². The van der Waals surface area contributed by atoms with Crippen molar-refractivity contribution in [3.8, 4) is 5.75 Å². The highest BCUT2D eigenvalue weighted by Crippen LogP contribution is 2.25. The van der Waals surface area contributed by atoms with E-state index < -0.39 is 6.10 Å². The van der Waals surface area contributed by atoms with Crippen LogP contribution in [0.25, 0.3) is 0 Å². The molecule has 0 saturated carbocycles. The molecule has 3 nitrogen and oxygen atoms in total. The molecule has 1 aliphatic rings. The van der Waals surface area contributed by atoms with Crippen LogP contribution in [0.5, 0.6) is 5.75 Å². The molecule has 120 valence electrons. The molecule has 0 spiro atoms. The van der Waals surface area contributed by atoms with E-state index in [0.717, 1.165) is 12.0 Å². The summed E-state index contributed by atoms with van der Waals surface area (Å²) in [6.45, 7) is 3.79. The number of carbonyl (C=O) groups excluding carboxylic acids is 1. The summed E-state index contributed by atoms with van der Waals surface area (Å²) in [5.74, 6) is 0.613. The van der Waals surface area contributed by atoms with Crippen molar-refractivity contribution in [2.24, 2.45) is 0 Å². The number of para-hydroxylation sites is 1. The number of aryl methyl sites for hydroxylation is 2. The SMILES string of the molecule is CC(Oc1ccccc1)C(=O)NC(C)c1ccc2c(c1)CCC2. The second-order valence-corrected chi connectivity index (χ2v) is 6.19. The van der Waals surface area contributed by atoms with Crippen LogP contribution in [-0.2, 0) is 17.6 Å². The van der Waals surface area contributed by atoms with E-state index in [0.29, 0.717) is 5.75 Å². The lowest BCUT2D eigenvalue weighted by Gasteiger charge is -2.19. The topological polar surface area (TPSA) is 38.3 Å². The molecule has 2 atom stereocenters. The lowest BCUT2D eigenvalue weighted by atomic mass is 10.0. The van der Waals surface area contributed by atoms with Gasteiger partial charge in [-0.15, -0.1) is 0 Å². The first kappa shape index (κ1) is 15.6. The Bertz CT molecular complexity index is 681. The number of amides is 1. The molecule has 1 aliphatic carbocycles. The lowest BCUT2D eigenvalue weighted by molar-refractivity contribution is -0.127. The van der Waals surface area contributed by atoms with Crippen LogP contribution in [0.15, 0.2) is 48.5 Å². The Hall–Kier alpha value is -2.29. The number of nitrogens with one attached hydrogen (secondary N) is 1. The summed E-state index contributed by atoms with van der Waals surface area (Å²) in [5.41, 5.74) is 4.04. The molecule has 1 amide bonds. The largest absolute Gasteiger partial charge is 0.481 e. The van der Waals surface area contributed by atoms with Gasteiger partial charge in [-0.3, -0.25) is 4.79 Å². The van der Waals surface area contributed by atoms with Crippen molar-refractivity contribution < 1.29 is 9.53 Å². The molecule has 3 heteroatoms. The Morgan fingerprint density at radius 2 is 1.78 bits per heavy atom. The van der Waals surface area contributed by atoms with Gasteiger partial charge in [-0.1, -0.05) is 36.4 Å². The molecule has 0 aliphatic heterocycles.